The van der Waals surface area contributed by atoms with Crippen molar-refractivity contribution < 1.29 is 5.11 Å². The summed E-state index contributed by atoms with van der Waals surface area (Å²) in [6.07, 6.45) is 8.09. The zero-order chi connectivity index (χ0) is 12.6. The van der Waals surface area contributed by atoms with Crippen molar-refractivity contribution in [2.75, 3.05) is 26.2 Å². The number of aliphatic hydroxyl groups is 1. The molecule has 17 heavy (non-hydrogen) atoms. The van der Waals surface area contributed by atoms with Crippen LogP contribution in [0.15, 0.2) is 0 Å². The van der Waals surface area contributed by atoms with Crippen molar-refractivity contribution in [2.24, 2.45) is 0 Å². The van der Waals surface area contributed by atoms with Crippen LogP contribution in [0.1, 0.15) is 66.2 Å². The Morgan fingerprint density at radius 2 is 0.941 bits per heavy atom. The van der Waals surface area contributed by atoms with Gasteiger partial charge in [-0.15, -0.1) is 12.4 Å². The molecular formula is C14H34ClNO. The lowest BCUT2D eigenvalue weighted by Crippen LogP contribution is -2.27. The van der Waals surface area contributed by atoms with Gasteiger partial charge < -0.3 is 10.0 Å². The molecule has 0 amide bonds. The minimum Gasteiger partial charge on any atom is -0.397 e. The second-order valence-electron chi connectivity index (χ2n) is 4.22. The molecule has 0 aliphatic carbocycles. The topological polar surface area (TPSA) is 23.5 Å². The van der Waals surface area contributed by atoms with Crippen molar-refractivity contribution in [1.82, 2.24) is 4.90 Å². The molecule has 0 aliphatic heterocycles. The third kappa shape index (κ3) is 22.0. The van der Waals surface area contributed by atoms with Gasteiger partial charge in [0.1, 0.15) is 0 Å². The van der Waals surface area contributed by atoms with Gasteiger partial charge in [-0.2, -0.15) is 0 Å². The lowest BCUT2D eigenvalue weighted by atomic mass is 10.2. The second-order valence-corrected chi connectivity index (χ2v) is 4.22. The largest absolute Gasteiger partial charge is 0.397 e. The number of nitrogens with zero attached hydrogens (tertiary/aromatic N) is 1. The van der Waals surface area contributed by atoms with E-state index >= 15 is 0 Å². The van der Waals surface area contributed by atoms with Crippen LogP contribution in [0.25, 0.3) is 0 Å². The van der Waals surface area contributed by atoms with Gasteiger partial charge in [-0.3, -0.25) is 0 Å². The van der Waals surface area contributed by atoms with E-state index in [1.807, 2.05) is 0 Å². The number of hydrogen-bond donors (Lipinski definition) is 1. The Hall–Kier alpha value is 0.210. The van der Waals surface area contributed by atoms with E-state index in [2.05, 4.69) is 25.7 Å². The van der Waals surface area contributed by atoms with E-state index in [1.165, 1.54) is 58.2 Å². The van der Waals surface area contributed by atoms with Gasteiger partial charge in [0.15, 0.2) is 0 Å². The first-order valence-corrected chi connectivity index (χ1v) is 7.09. The molecule has 0 spiro atoms. The maximum Gasteiger partial charge on any atom is 0.0402 e. The lowest BCUT2D eigenvalue weighted by Gasteiger charge is -2.21. The van der Waals surface area contributed by atoms with Crippen LogP contribution in [0.4, 0.5) is 0 Å². The summed E-state index contributed by atoms with van der Waals surface area (Å²) in [5.74, 6) is 0. The van der Waals surface area contributed by atoms with Crippen LogP contribution in [0.3, 0.4) is 0 Å². The first kappa shape index (κ1) is 22.4. The van der Waals surface area contributed by atoms with Gasteiger partial charge >= 0.3 is 0 Å². The highest BCUT2D eigenvalue weighted by molar-refractivity contribution is 5.85. The van der Waals surface area contributed by atoms with Crippen molar-refractivity contribution in [2.45, 2.75) is 66.2 Å². The molecule has 0 bridgehead atoms. The zero-order valence-corrected chi connectivity index (χ0v) is 13.2. The molecule has 0 radical (unpaired) electrons. The zero-order valence-electron chi connectivity index (χ0n) is 12.4. The van der Waals surface area contributed by atoms with Crippen molar-refractivity contribution >= 4 is 12.4 Å². The number of hydrogen-bond acceptors (Lipinski definition) is 2. The Morgan fingerprint density at radius 3 is 1.12 bits per heavy atom. The molecule has 0 saturated carbocycles. The SMILES string of the molecule is CCCCN(CCCC)CCCC.CCO.Cl. The third-order valence-corrected chi connectivity index (χ3v) is 2.48. The summed E-state index contributed by atoms with van der Waals surface area (Å²) in [7, 11) is 0. The molecule has 108 valence electrons. The van der Waals surface area contributed by atoms with Crippen LogP contribution >= 0.6 is 12.4 Å². The average molecular weight is 268 g/mol. The van der Waals surface area contributed by atoms with Crippen molar-refractivity contribution in [3.63, 3.8) is 0 Å². The molecule has 0 fully saturated rings. The van der Waals surface area contributed by atoms with Gasteiger partial charge in [-0.1, -0.05) is 40.0 Å². The Labute approximate surface area is 115 Å². The quantitative estimate of drug-likeness (QED) is 0.680. The monoisotopic (exact) mass is 267 g/mol. The summed E-state index contributed by atoms with van der Waals surface area (Å²) >= 11 is 0. The molecule has 0 aromatic rings. The van der Waals surface area contributed by atoms with E-state index in [-0.39, 0.29) is 19.0 Å². The van der Waals surface area contributed by atoms with E-state index in [0.717, 1.165) is 0 Å². The smallest absolute Gasteiger partial charge is 0.0402 e. The molecule has 0 aromatic heterocycles. The molecule has 0 aromatic carbocycles. The number of halogens is 1. The maximum absolute atomic E-state index is 7.57. The van der Waals surface area contributed by atoms with E-state index in [9.17, 15) is 0 Å². The van der Waals surface area contributed by atoms with E-state index in [0.29, 0.717) is 0 Å². The fraction of sp³-hybridized carbons (Fsp3) is 1.00. The molecule has 0 aliphatic rings. The number of rotatable bonds is 9. The van der Waals surface area contributed by atoms with Crippen LogP contribution in [-0.4, -0.2) is 36.2 Å². The van der Waals surface area contributed by atoms with E-state index in [1.54, 1.807) is 6.92 Å². The van der Waals surface area contributed by atoms with Crippen LogP contribution in [0.2, 0.25) is 0 Å². The Balaban J connectivity index is -0.000000440. The standard InChI is InChI=1S/C12H27N.C2H6O.ClH/c1-4-7-10-13(11-8-5-2)12-9-6-3;1-2-3;/h4-12H2,1-3H3;3H,2H2,1H3;1H. The molecule has 0 atom stereocenters. The minimum atomic E-state index is 0. The van der Waals surface area contributed by atoms with Crippen LogP contribution in [0.5, 0.6) is 0 Å². The summed E-state index contributed by atoms with van der Waals surface area (Å²) in [5, 5.41) is 7.57. The Morgan fingerprint density at radius 1 is 0.706 bits per heavy atom. The second kappa shape index (κ2) is 21.5. The fourth-order valence-corrected chi connectivity index (χ4v) is 1.48. The predicted octanol–water partition coefficient (Wildman–Crippen LogP) is 4.11. The van der Waals surface area contributed by atoms with Gasteiger partial charge in [-0.25, -0.2) is 0 Å². The minimum absolute atomic E-state index is 0. The number of aliphatic hydroxyl groups excluding tert-OH is 1. The van der Waals surface area contributed by atoms with Gasteiger partial charge in [0, 0.05) is 6.61 Å². The molecule has 2 nitrogen and oxygen atoms in total. The fourth-order valence-electron chi connectivity index (χ4n) is 1.48. The molecule has 1 N–H and O–H groups in total. The van der Waals surface area contributed by atoms with Crippen LogP contribution in [-0.2, 0) is 0 Å². The summed E-state index contributed by atoms with van der Waals surface area (Å²) in [4.78, 5) is 2.64. The predicted molar refractivity (Wildman–Crippen MR) is 81.2 cm³/mol. The highest BCUT2D eigenvalue weighted by atomic mass is 35.5. The maximum atomic E-state index is 7.57. The van der Waals surface area contributed by atoms with E-state index < -0.39 is 0 Å². The molecular weight excluding hydrogens is 234 g/mol. The highest BCUT2D eigenvalue weighted by Crippen LogP contribution is 2.01. The summed E-state index contributed by atoms with van der Waals surface area (Å²) in [5.41, 5.74) is 0. The summed E-state index contributed by atoms with van der Waals surface area (Å²) in [6, 6.07) is 0. The summed E-state index contributed by atoms with van der Waals surface area (Å²) < 4.78 is 0. The summed E-state index contributed by atoms with van der Waals surface area (Å²) in [6.45, 7) is 12.7. The van der Waals surface area contributed by atoms with Crippen molar-refractivity contribution in [3.05, 3.63) is 0 Å². The first-order valence-electron chi connectivity index (χ1n) is 7.09. The average Bonchev–Trinajstić information content (AvgIpc) is 2.29. The molecule has 0 saturated heterocycles. The molecule has 0 heterocycles. The normalized spacial score (nSPS) is 9.53. The number of unbranched alkanes of at least 4 members (excludes halogenated alkanes) is 3. The first-order chi connectivity index (χ1) is 7.76. The molecule has 3 heteroatoms. The Bertz CT molecular complexity index is 93.4. The van der Waals surface area contributed by atoms with Gasteiger partial charge in [0.05, 0.1) is 0 Å². The van der Waals surface area contributed by atoms with Crippen LogP contribution < -0.4 is 0 Å². The van der Waals surface area contributed by atoms with Gasteiger partial charge in [-0.05, 0) is 45.8 Å². The van der Waals surface area contributed by atoms with Crippen LogP contribution in [0, 0.1) is 0 Å². The van der Waals surface area contributed by atoms with Gasteiger partial charge in [0.25, 0.3) is 0 Å². The molecule has 0 rings (SSSR count). The Kier molecular flexibility index (Phi) is 28.3. The lowest BCUT2D eigenvalue weighted by molar-refractivity contribution is 0.261. The third-order valence-electron chi connectivity index (χ3n) is 2.48. The van der Waals surface area contributed by atoms with E-state index in [4.69, 9.17) is 5.11 Å². The highest BCUT2D eigenvalue weighted by Gasteiger charge is 2.01. The van der Waals surface area contributed by atoms with Gasteiger partial charge in [0.2, 0.25) is 0 Å². The van der Waals surface area contributed by atoms with Crippen molar-refractivity contribution in [1.29, 1.82) is 0 Å². The van der Waals surface area contributed by atoms with Crippen molar-refractivity contribution in [3.8, 4) is 0 Å². The molecule has 0 unspecified atom stereocenters.